The van der Waals surface area contributed by atoms with Crippen LogP contribution in [-0.2, 0) is 6.42 Å². The molecule has 4 rings (SSSR count). The Bertz CT molecular complexity index is 703. The summed E-state index contributed by atoms with van der Waals surface area (Å²) in [6.45, 7) is 2.96. The van der Waals surface area contributed by atoms with E-state index in [0.29, 0.717) is 12.0 Å². The number of hydrogen-bond acceptors (Lipinski definition) is 6. The Kier molecular flexibility index (Phi) is 8.07. The van der Waals surface area contributed by atoms with Crippen LogP contribution < -0.4 is 16.0 Å². The average molecular weight is 411 g/mol. The van der Waals surface area contributed by atoms with Gasteiger partial charge in [0.15, 0.2) is 0 Å². The zero-order chi connectivity index (χ0) is 17.1. The van der Waals surface area contributed by atoms with Crippen molar-refractivity contribution in [1.82, 2.24) is 15.0 Å². The number of hydrogen-bond donors (Lipinski definition) is 2. The molecule has 0 atom stereocenters. The maximum atomic E-state index is 5.97. The van der Waals surface area contributed by atoms with Crippen molar-refractivity contribution in [1.29, 1.82) is 0 Å². The van der Waals surface area contributed by atoms with Gasteiger partial charge in [-0.05, 0) is 43.7 Å². The van der Waals surface area contributed by atoms with Crippen LogP contribution in [0.3, 0.4) is 0 Å². The molecule has 148 valence electrons. The molecule has 1 saturated heterocycles. The summed E-state index contributed by atoms with van der Waals surface area (Å²) in [6.07, 6.45) is 9.17. The van der Waals surface area contributed by atoms with Crippen molar-refractivity contribution < 1.29 is 0 Å². The number of nitrogens with one attached hydrogen (secondary N) is 1. The van der Waals surface area contributed by atoms with Gasteiger partial charge in [0, 0.05) is 50.1 Å². The fraction of sp³-hybridized carbons (Fsp3) is 0.526. The molecule has 2 aliphatic rings. The second-order valence-corrected chi connectivity index (χ2v) is 7.14. The predicted molar refractivity (Wildman–Crippen MR) is 114 cm³/mol. The van der Waals surface area contributed by atoms with E-state index in [1.54, 1.807) is 6.20 Å². The Hall–Kier alpha value is -1.63. The van der Waals surface area contributed by atoms with Crippen LogP contribution in [0, 0.1) is 0 Å². The zero-order valence-electron chi connectivity index (χ0n) is 15.4. The third-order valence-electron chi connectivity index (χ3n) is 5.16. The summed E-state index contributed by atoms with van der Waals surface area (Å²) in [4.78, 5) is 16.1. The van der Waals surface area contributed by atoms with Crippen molar-refractivity contribution >= 4 is 36.6 Å². The maximum absolute atomic E-state index is 5.97. The Balaban J connectivity index is 0.00000131. The van der Waals surface area contributed by atoms with Crippen LogP contribution in [0.4, 0.5) is 11.8 Å². The van der Waals surface area contributed by atoms with Gasteiger partial charge in [-0.2, -0.15) is 4.98 Å². The van der Waals surface area contributed by atoms with E-state index in [2.05, 4.69) is 27.3 Å². The molecule has 3 heterocycles. The lowest BCUT2D eigenvalue weighted by atomic mass is 9.78. The number of rotatable bonds is 6. The van der Waals surface area contributed by atoms with Crippen molar-refractivity contribution in [3.05, 3.63) is 41.9 Å². The van der Waals surface area contributed by atoms with Crippen LogP contribution in [-0.4, -0.2) is 40.6 Å². The summed E-state index contributed by atoms with van der Waals surface area (Å²) in [7, 11) is 0. The number of anilines is 2. The molecule has 1 aliphatic carbocycles. The number of halogens is 2. The van der Waals surface area contributed by atoms with Crippen molar-refractivity contribution in [3.63, 3.8) is 0 Å². The largest absolute Gasteiger partial charge is 0.370 e. The second-order valence-electron chi connectivity index (χ2n) is 7.14. The highest BCUT2D eigenvalue weighted by molar-refractivity contribution is 5.85. The highest BCUT2D eigenvalue weighted by Crippen LogP contribution is 2.36. The molecule has 0 aromatic carbocycles. The van der Waals surface area contributed by atoms with Gasteiger partial charge in [0.2, 0.25) is 5.95 Å². The Morgan fingerprint density at radius 2 is 1.93 bits per heavy atom. The molecule has 3 N–H and O–H groups in total. The van der Waals surface area contributed by atoms with Crippen LogP contribution in [0.2, 0.25) is 0 Å². The Morgan fingerprint density at radius 1 is 1.15 bits per heavy atom. The van der Waals surface area contributed by atoms with Crippen LogP contribution in [0.1, 0.15) is 42.9 Å². The summed E-state index contributed by atoms with van der Waals surface area (Å²) in [5.74, 6) is 2.29. The van der Waals surface area contributed by atoms with E-state index in [4.69, 9.17) is 15.7 Å². The van der Waals surface area contributed by atoms with E-state index in [0.717, 1.165) is 56.4 Å². The number of nitrogens with zero attached hydrogens (tertiary/aromatic N) is 4. The molecule has 0 bridgehead atoms. The van der Waals surface area contributed by atoms with Gasteiger partial charge in [-0.1, -0.05) is 6.07 Å². The molecule has 0 radical (unpaired) electrons. The quantitative estimate of drug-likeness (QED) is 0.760. The van der Waals surface area contributed by atoms with E-state index in [9.17, 15) is 0 Å². The SMILES string of the molecule is Cl.Cl.NC1CC(c2cc(NCCc3cccnc3)nc(N3CCCC3)n2)C1. The molecule has 2 fully saturated rings. The number of pyridine rings is 1. The van der Waals surface area contributed by atoms with E-state index in [1.165, 1.54) is 18.4 Å². The van der Waals surface area contributed by atoms with E-state index in [1.807, 2.05) is 12.3 Å². The summed E-state index contributed by atoms with van der Waals surface area (Å²) in [5.41, 5.74) is 8.35. The van der Waals surface area contributed by atoms with Gasteiger partial charge in [-0.15, -0.1) is 24.8 Å². The Morgan fingerprint density at radius 3 is 2.59 bits per heavy atom. The van der Waals surface area contributed by atoms with Crippen molar-refractivity contribution in [3.8, 4) is 0 Å². The van der Waals surface area contributed by atoms with Crippen LogP contribution in [0.5, 0.6) is 0 Å². The molecule has 0 unspecified atom stereocenters. The Labute approximate surface area is 173 Å². The maximum Gasteiger partial charge on any atom is 0.227 e. The molecular formula is C19H28Cl2N6. The number of nitrogens with two attached hydrogens (primary N) is 1. The molecule has 2 aromatic heterocycles. The van der Waals surface area contributed by atoms with Gasteiger partial charge in [0.05, 0.1) is 5.69 Å². The van der Waals surface area contributed by atoms with E-state index in [-0.39, 0.29) is 24.8 Å². The van der Waals surface area contributed by atoms with Gasteiger partial charge < -0.3 is 16.0 Å². The molecule has 1 saturated carbocycles. The highest BCUT2D eigenvalue weighted by atomic mass is 35.5. The first kappa shape index (κ1) is 21.7. The zero-order valence-corrected chi connectivity index (χ0v) is 17.0. The average Bonchev–Trinajstić information content (AvgIpc) is 3.14. The summed E-state index contributed by atoms with van der Waals surface area (Å²) < 4.78 is 0. The van der Waals surface area contributed by atoms with Crippen molar-refractivity contribution in [2.75, 3.05) is 29.9 Å². The van der Waals surface area contributed by atoms with Gasteiger partial charge >= 0.3 is 0 Å². The fourth-order valence-corrected chi connectivity index (χ4v) is 3.60. The first-order chi connectivity index (χ1) is 12.3. The molecule has 2 aromatic rings. The fourth-order valence-electron chi connectivity index (χ4n) is 3.60. The van der Waals surface area contributed by atoms with Crippen molar-refractivity contribution in [2.24, 2.45) is 5.73 Å². The monoisotopic (exact) mass is 410 g/mol. The minimum Gasteiger partial charge on any atom is -0.370 e. The first-order valence-electron chi connectivity index (χ1n) is 9.30. The van der Waals surface area contributed by atoms with E-state index < -0.39 is 0 Å². The second kappa shape index (κ2) is 10.1. The standard InChI is InChI=1S/C19H26N6.2ClH/c20-16-10-15(11-16)17-12-18(22-7-5-14-4-3-6-21-13-14)24-19(23-17)25-8-1-2-9-25;;/h3-4,6,12-13,15-16H,1-2,5,7-11,20H2,(H,22,23,24);2*1H. The van der Waals surface area contributed by atoms with Gasteiger partial charge in [0.25, 0.3) is 0 Å². The minimum absolute atomic E-state index is 0. The third kappa shape index (κ3) is 5.43. The van der Waals surface area contributed by atoms with Crippen molar-refractivity contribution in [2.45, 2.75) is 44.1 Å². The lowest BCUT2D eigenvalue weighted by Crippen LogP contribution is -2.35. The highest BCUT2D eigenvalue weighted by Gasteiger charge is 2.30. The lowest BCUT2D eigenvalue weighted by molar-refractivity contribution is 0.345. The topological polar surface area (TPSA) is 80.0 Å². The van der Waals surface area contributed by atoms with Crippen LogP contribution >= 0.6 is 24.8 Å². The third-order valence-corrected chi connectivity index (χ3v) is 5.16. The molecule has 1 aliphatic heterocycles. The minimum atomic E-state index is 0. The molecular weight excluding hydrogens is 383 g/mol. The molecule has 27 heavy (non-hydrogen) atoms. The molecule has 0 spiro atoms. The summed E-state index contributed by atoms with van der Waals surface area (Å²) in [6, 6.07) is 6.52. The van der Waals surface area contributed by atoms with E-state index >= 15 is 0 Å². The van der Waals surface area contributed by atoms with Gasteiger partial charge in [-0.3, -0.25) is 4.98 Å². The number of aromatic nitrogens is 3. The molecule has 6 nitrogen and oxygen atoms in total. The van der Waals surface area contributed by atoms with Gasteiger partial charge in [0.1, 0.15) is 5.82 Å². The first-order valence-corrected chi connectivity index (χ1v) is 9.30. The predicted octanol–water partition coefficient (Wildman–Crippen LogP) is 3.17. The summed E-state index contributed by atoms with van der Waals surface area (Å²) >= 11 is 0. The normalized spacial score (nSPS) is 21.0. The lowest BCUT2D eigenvalue weighted by Gasteiger charge is -2.32. The smallest absolute Gasteiger partial charge is 0.227 e. The van der Waals surface area contributed by atoms with Gasteiger partial charge in [-0.25, -0.2) is 4.98 Å². The van der Waals surface area contributed by atoms with Crippen LogP contribution in [0.15, 0.2) is 30.6 Å². The van der Waals surface area contributed by atoms with Crippen LogP contribution in [0.25, 0.3) is 0 Å². The summed E-state index contributed by atoms with van der Waals surface area (Å²) in [5, 5.41) is 3.47. The molecule has 8 heteroatoms. The molecule has 0 amide bonds.